The topological polar surface area (TPSA) is 75.4 Å². The Morgan fingerprint density at radius 3 is 2.32 bits per heavy atom. The van der Waals surface area contributed by atoms with Gasteiger partial charge in [0.25, 0.3) is 0 Å². The summed E-state index contributed by atoms with van der Waals surface area (Å²) in [4.78, 5) is 25.6. The molecule has 3 N–H and O–H groups in total. The van der Waals surface area contributed by atoms with Crippen molar-refractivity contribution in [3.05, 3.63) is 0 Å². The van der Waals surface area contributed by atoms with Gasteiger partial charge in [0.2, 0.25) is 11.8 Å². The van der Waals surface area contributed by atoms with Crippen LogP contribution in [0.2, 0.25) is 0 Å². The van der Waals surface area contributed by atoms with Crippen LogP contribution in [0.4, 0.5) is 0 Å². The maximum atomic E-state index is 11.9. The summed E-state index contributed by atoms with van der Waals surface area (Å²) in [6.07, 6.45) is 2.41. The van der Waals surface area contributed by atoms with Crippen molar-refractivity contribution in [2.45, 2.75) is 46.1 Å². The predicted molar refractivity (Wildman–Crippen MR) is 75.4 cm³/mol. The summed E-state index contributed by atoms with van der Waals surface area (Å²) in [6, 6.07) is 0.198. The van der Waals surface area contributed by atoms with E-state index < -0.39 is 0 Å². The van der Waals surface area contributed by atoms with Crippen LogP contribution in [0.15, 0.2) is 0 Å². The van der Waals surface area contributed by atoms with E-state index >= 15 is 0 Å². The van der Waals surface area contributed by atoms with Crippen LogP contribution in [0.5, 0.6) is 0 Å². The predicted octanol–water partition coefficient (Wildman–Crippen LogP) is 0.735. The smallest absolute Gasteiger partial charge is 0.225 e. The maximum absolute atomic E-state index is 11.9. The number of hydrogen-bond acceptors (Lipinski definition) is 3. The van der Waals surface area contributed by atoms with Gasteiger partial charge >= 0.3 is 0 Å². The van der Waals surface area contributed by atoms with E-state index in [0.29, 0.717) is 6.54 Å². The molecular formula is C14H27N3O2. The molecule has 0 aromatic rings. The molecule has 0 aromatic carbocycles. The van der Waals surface area contributed by atoms with E-state index in [1.54, 1.807) is 0 Å². The highest BCUT2D eigenvalue weighted by atomic mass is 16.2. The second-order valence-electron chi connectivity index (χ2n) is 5.74. The van der Waals surface area contributed by atoms with Crippen LogP contribution >= 0.6 is 0 Å². The Hall–Kier alpha value is -1.10. The van der Waals surface area contributed by atoms with Crippen molar-refractivity contribution in [3.63, 3.8) is 0 Å². The van der Waals surface area contributed by atoms with Gasteiger partial charge in [-0.2, -0.15) is 0 Å². The molecule has 1 aliphatic heterocycles. The normalized spacial score (nSPS) is 18.5. The van der Waals surface area contributed by atoms with Crippen LogP contribution in [-0.2, 0) is 9.59 Å². The Bertz CT molecular complexity index is 310. The van der Waals surface area contributed by atoms with E-state index in [-0.39, 0.29) is 29.7 Å². The van der Waals surface area contributed by atoms with Crippen molar-refractivity contribution in [2.75, 3.05) is 19.6 Å². The van der Waals surface area contributed by atoms with Crippen LogP contribution in [0, 0.1) is 11.8 Å². The third-order valence-electron chi connectivity index (χ3n) is 3.69. The van der Waals surface area contributed by atoms with Crippen molar-refractivity contribution in [1.29, 1.82) is 0 Å². The molecule has 1 rings (SSSR count). The van der Waals surface area contributed by atoms with Crippen molar-refractivity contribution in [3.8, 4) is 0 Å². The molecule has 1 heterocycles. The standard InChI is InChI=1S/C14H27N3O2/c1-10(2)14(19)17-8-5-12(6-9-17)16-13(18)11(3)4-7-15/h10-12H,4-9,15H2,1-3H3,(H,16,18). The molecule has 2 amide bonds. The van der Waals surface area contributed by atoms with Gasteiger partial charge in [-0.3, -0.25) is 9.59 Å². The second kappa shape index (κ2) is 7.48. The van der Waals surface area contributed by atoms with E-state index in [0.717, 1.165) is 32.4 Å². The summed E-state index contributed by atoms with van der Waals surface area (Å²) in [5.74, 6) is 0.316. The number of nitrogens with two attached hydrogens (primary N) is 1. The zero-order chi connectivity index (χ0) is 14.4. The van der Waals surface area contributed by atoms with E-state index in [4.69, 9.17) is 5.73 Å². The first-order chi connectivity index (χ1) is 8.95. The average molecular weight is 269 g/mol. The number of likely N-dealkylation sites (tertiary alicyclic amines) is 1. The molecule has 0 radical (unpaired) electrons. The van der Waals surface area contributed by atoms with Gasteiger partial charge in [0, 0.05) is 31.0 Å². The lowest BCUT2D eigenvalue weighted by atomic mass is 10.0. The summed E-state index contributed by atoms with van der Waals surface area (Å²) in [5.41, 5.74) is 5.46. The van der Waals surface area contributed by atoms with Crippen molar-refractivity contribution >= 4 is 11.8 Å². The molecule has 0 bridgehead atoms. The van der Waals surface area contributed by atoms with Gasteiger partial charge in [0.15, 0.2) is 0 Å². The number of nitrogens with zero attached hydrogens (tertiary/aromatic N) is 1. The quantitative estimate of drug-likeness (QED) is 0.773. The fraction of sp³-hybridized carbons (Fsp3) is 0.857. The average Bonchev–Trinajstić information content (AvgIpc) is 2.38. The zero-order valence-corrected chi connectivity index (χ0v) is 12.3. The van der Waals surface area contributed by atoms with Crippen LogP contribution in [-0.4, -0.2) is 42.4 Å². The van der Waals surface area contributed by atoms with Crippen LogP contribution in [0.3, 0.4) is 0 Å². The largest absolute Gasteiger partial charge is 0.353 e. The van der Waals surface area contributed by atoms with Gasteiger partial charge in [0.1, 0.15) is 0 Å². The van der Waals surface area contributed by atoms with Crippen LogP contribution < -0.4 is 11.1 Å². The molecule has 0 saturated carbocycles. The minimum Gasteiger partial charge on any atom is -0.353 e. The highest BCUT2D eigenvalue weighted by molar-refractivity contribution is 5.79. The van der Waals surface area contributed by atoms with Gasteiger partial charge in [-0.1, -0.05) is 20.8 Å². The van der Waals surface area contributed by atoms with E-state index in [2.05, 4.69) is 5.32 Å². The number of nitrogens with one attached hydrogen (secondary N) is 1. The Balaban J connectivity index is 2.34. The Kier molecular flexibility index (Phi) is 6.28. The number of piperidine rings is 1. The third-order valence-corrected chi connectivity index (χ3v) is 3.69. The molecule has 1 aliphatic rings. The second-order valence-corrected chi connectivity index (χ2v) is 5.74. The monoisotopic (exact) mass is 269 g/mol. The molecule has 1 fully saturated rings. The highest BCUT2D eigenvalue weighted by Gasteiger charge is 2.25. The Morgan fingerprint density at radius 2 is 1.84 bits per heavy atom. The van der Waals surface area contributed by atoms with Crippen molar-refractivity contribution in [2.24, 2.45) is 17.6 Å². The van der Waals surface area contributed by atoms with Crippen LogP contribution in [0.1, 0.15) is 40.0 Å². The van der Waals surface area contributed by atoms with E-state index in [1.807, 2.05) is 25.7 Å². The lowest BCUT2D eigenvalue weighted by Crippen LogP contribution is -2.48. The minimum absolute atomic E-state index is 0.0275. The molecular weight excluding hydrogens is 242 g/mol. The fourth-order valence-corrected chi connectivity index (χ4v) is 2.33. The molecule has 110 valence electrons. The summed E-state index contributed by atoms with van der Waals surface area (Å²) in [6.45, 7) is 7.77. The summed E-state index contributed by atoms with van der Waals surface area (Å²) >= 11 is 0. The SMILES string of the molecule is CC(C)C(=O)N1CCC(NC(=O)C(C)CCN)CC1. The molecule has 1 atom stereocenters. The molecule has 0 aromatic heterocycles. The Morgan fingerprint density at radius 1 is 1.26 bits per heavy atom. The fourth-order valence-electron chi connectivity index (χ4n) is 2.33. The molecule has 19 heavy (non-hydrogen) atoms. The van der Waals surface area contributed by atoms with Gasteiger partial charge in [-0.15, -0.1) is 0 Å². The molecule has 0 aliphatic carbocycles. The van der Waals surface area contributed by atoms with Crippen molar-refractivity contribution in [1.82, 2.24) is 10.2 Å². The van der Waals surface area contributed by atoms with E-state index in [1.165, 1.54) is 0 Å². The molecule has 5 heteroatoms. The van der Waals surface area contributed by atoms with Gasteiger partial charge in [-0.25, -0.2) is 0 Å². The van der Waals surface area contributed by atoms with Crippen molar-refractivity contribution < 1.29 is 9.59 Å². The van der Waals surface area contributed by atoms with Crippen LogP contribution in [0.25, 0.3) is 0 Å². The molecule has 5 nitrogen and oxygen atoms in total. The number of hydrogen-bond donors (Lipinski definition) is 2. The zero-order valence-electron chi connectivity index (χ0n) is 12.3. The lowest BCUT2D eigenvalue weighted by molar-refractivity contribution is -0.135. The maximum Gasteiger partial charge on any atom is 0.225 e. The minimum atomic E-state index is -0.0275. The Labute approximate surface area is 115 Å². The number of carbonyl (C=O) groups is 2. The number of carbonyl (C=O) groups excluding carboxylic acids is 2. The number of rotatable bonds is 5. The molecule has 1 unspecified atom stereocenters. The summed E-state index contributed by atoms with van der Waals surface area (Å²) < 4.78 is 0. The lowest BCUT2D eigenvalue weighted by Gasteiger charge is -2.33. The molecule has 0 spiro atoms. The first-order valence-corrected chi connectivity index (χ1v) is 7.25. The van der Waals surface area contributed by atoms with Gasteiger partial charge < -0.3 is 16.0 Å². The highest BCUT2D eigenvalue weighted by Crippen LogP contribution is 2.14. The van der Waals surface area contributed by atoms with E-state index in [9.17, 15) is 9.59 Å². The summed E-state index contributed by atoms with van der Waals surface area (Å²) in [7, 11) is 0. The first kappa shape index (κ1) is 16.0. The number of amides is 2. The third kappa shape index (κ3) is 4.82. The summed E-state index contributed by atoms with van der Waals surface area (Å²) in [5, 5.41) is 3.06. The van der Waals surface area contributed by atoms with Gasteiger partial charge in [-0.05, 0) is 25.8 Å². The first-order valence-electron chi connectivity index (χ1n) is 7.25. The van der Waals surface area contributed by atoms with Gasteiger partial charge in [0.05, 0.1) is 0 Å². The molecule has 1 saturated heterocycles.